The van der Waals surface area contributed by atoms with Gasteiger partial charge in [0.05, 0.1) is 6.61 Å². The van der Waals surface area contributed by atoms with E-state index in [0.29, 0.717) is 18.6 Å². The largest absolute Gasteiger partial charge is 0.489 e. The highest BCUT2D eigenvalue weighted by molar-refractivity contribution is 7.89. The van der Waals surface area contributed by atoms with Gasteiger partial charge in [0, 0.05) is 6.07 Å². The zero-order chi connectivity index (χ0) is 14.5. The minimum Gasteiger partial charge on any atom is -0.489 e. The van der Waals surface area contributed by atoms with Crippen LogP contribution in [0.3, 0.4) is 0 Å². The Hall–Kier alpha value is -1.21. The first-order valence-electron chi connectivity index (χ1n) is 6.01. The van der Waals surface area contributed by atoms with Crippen molar-refractivity contribution in [2.45, 2.75) is 37.5 Å². The predicted octanol–water partition coefficient (Wildman–Crippen LogP) is 2.57. The summed E-state index contributed by atoms with van der Waals surface area (Å²) in [5.74, 6) is -2.60. The van der Waals surface area contributed by atoms with Crippen molar-refractivity contribution >= 4 is 10.0 Å². The number of halogens is 2. The van der Waals surface area contributed by atoms with E-state index in [2.05, 4.69) is 0 Å². The summed E-state index contributed by atoms with van der Waals surface area (Å²) in [6, 6.07) is 1.22. The van der Waals surface area contributed by atoms with Crippen LogP contribution in [0, 0.1) is 11.6 Å². The van der Waals surface area contributed by atoms with Gasteiger partial charge in [-0.3, -0.25) is 0 Å². The molecule has 7 heteroatoms. The Morgan fingerprint density at radius 3 is 2.47 bits per heavy atom. The lowest BCUT2D eigenvalue weighted by Crippen LogP contribution is -2.15. The van der Waals surface area contributed by atoms with Crippen molar-refractivity contribution in [1.29, 1.82) is 0 Å². The summed E-state index contributed by atoms with van der Waals surface area (Å²) in [6.07, 6.45) is 3.60. The highest BCUT2D eigenvalue weighted by atomic mass is 32.2. The molecule has 0 radical (unpaired) electrons. The number of hydrogen-bond acceptors (Lipinski definition) is 3. The SMILES string of the molecule is CCCCCCOc1c(F)cc(F)cc1S(N)(=O)=O. The van der Waals surface area contributed by atoms with Crippen LogP contribution >= 0.6 is 0 Å². The van der Waals surface area contributed by atoms with Gasteiger partial charge >= 0.3 is 0 Å². The van der Waals surface area contributed by atoms with Crippen molar-refractivity contribution in [2.24, 2.45) is 5.14 Å². The molecule has 4 nitrogen and oxygen atoms in total. The van der Waals surface area contributed by atoms with Crippen molar-refractivity contribution in [2.75, 3.05) is 6.61 Å². The molecule has 0 aliphatic rings. The summed E-state index contributed by atoms with van der Waals surface area (Å²) in [5, 5.41) is 4.91. The molecule has 1 aromatic carbocycles. The molecule has 0 spiro atoms. The first kappa shape index (κ1) is 15.8. The van der Waals surface area contributed by atoms with Crippen LogP contribution in [-0.2, 0) is 10.0 Å². The van der Waals surface area contributed by atoms with E-state index in [1.807, 2.05) is 6.92 Å². The Bertz CT molecular complexity index is 532. The zero-order valence-electron chi connectivity index (χ0n) is 10.7. The molecule has 0 unspecified atom stereocenters. The maximum absolute atomic E-state index is 13.5. The quantitative estimate of drug-likeness (QED) is 0.785. The van der Waals surface area contributed by atoms with Crippen LogP contribution in [0.4, 0.5) is 8.78 Å². The number of ether oxygens (including phenoxy) is 1. The number of rotatable bonds is 7. The summed E-state index contributed by atoms with van der Waals surface area (Å²) in [6.45, 7) is 2.20. The third-order valence-corrected chi connectivity index (χ3v) is 3.44. The Morgan fingerprint density at radius 1 is 1.21 bits per heavy atom. The molecule has 19 heavy (non-hydrogen) atoms. The minimum absolute atomic E-state index is 0.158. The van der Waals surface area contributed by atoms with Gasteiger partial charge in [-0.2, -0.15) is 0 Å². The molecule has 1 rings (SSSR count). The van der Waals surface area contributed by atoms with E-state index >= 15 is 0 Å². The van der Waals surface area contributed by atoms with E-state index in [-0.39, 0.29) is 6.61 Å². The molecule has 0 heterocycles. The van der Waals surface area contributed by atoms with Gasteiger partial charge in [0.15, 0.2) is 11.6 Å². The summed E-state index contributed by atoms with van der Waals surface area (Å²) in [4.78, 5) is -0.666. The summed E-state index contributed by atoms with van der Waals surface area (Å²) < 4.78 is 54.2. The first-order valence-corrected chi connectivity index (χ1v) is 7.55. The third kappa shape index (κ3) is 4.76. The summed E-state index contributed by atoms with van der Waals surface area (Å²) >= 11 is 0. The normalized spacial score (nSPS) is 11.6. The molecule has 0 aromatic heterocycles. The lowest BCUT2D eigenvalue weighted by Gasteiger charge is -2.11. The van der Waals surface area contributed by atoms with Gasteiger partial charge in [0.2, 0.25) is 10.0 Å². The Labute approximate surface area is 111 Å². The van der Waals surface area contributed by atoms with Crippen molar-refractivity contribution in [1.82, 2.24) is 0 Å². The average Bonchev–Trinajstić information content (AvgIpc) is 2.29. The average molecular weight is 293 g/mol. The monoisotopic (exact) mass is 293 g/mol. The second kappa shape index (κ2) is 6.81. The predicted molar refractivity (Wildman–Crippen MR) is 67.4 cm³/mol. The molecule has 0 aliphatic heterocycles. The fourth-order valence-electron chi connectivity index (χ4n) is 1.59. The Morgan fingerprint density at radius 2 is 1.89 bits per heavy atom. The highest BCUT2D eigenvalue weighted by Gasteiger charge is 2.21. The molecule has 0 saturated heterocycles. The van der Waals surface area contributed by atoms with E-state index < -0.39 is 32.3 Å². The number of benzene rings is 1. The van der Waals surface area contributed by atoms with E-state index in [1.165, 1.54) is 0 Å². The van der Waals surface area contributed by atoms with Gasteiger partial charge in [-0.1, -0.05) is 26.2 Å². The lowest BCUT2D eigenvalue weighted by molar-refractivity contribution is 0.281. The number of hydrogen-bond donors (Lipinski definition) is 1. The number of sulfonamides is 1. The maximum Gasteiger partial charge on any atom is 0.241 e. The van der Waals surface area contributed by atoms with Crippen LogP contribution in [0.25, 0.3) is 0 Å². The molecule has 0 atom stereocenters. The van der Waals surface area contributed by atoms with E-state index in [1.54, 1.807) is 0 Å². The van der Waals surface area contributed by atoms with Gasteiger partial charge in [-0.05, 0) is 12.5 Å². The van der Waals surface area contributed by atoms with Gasteiger partial charge in [-0.15, -0.1) is 0 Å². The van der Waals surface area contributed by atoms with Gasteiger partial charge in [0.25, 0.3) is 0 Å². The summed E-state index contributed by atoms with van der Waals surface area (Å²) in [7, 11) is -4.23. The number of nitrogens with two attached hydrogens (primary N) is 1. The highest BCUT2D eigenvalue weighted by Crippen LogP contribution is 2.27. The summed E-state index contributed by atoms with van der Waals surface area (Å²) in [5.41, 5.74) is 0. The second-order valence-corrected chi connectivity index (χ2v) is 5.70. The van der Waals surface area contributed by atoms with Crippen molar-refractivity contribution in [3.05, 3.63) is 23.8 Å². The zero-order valence-corrected chi connectivity index (χ0v) is 11.5. The Balaban J connectivity index is 2.87. The van der Waals surface area contributed by atoms with E-state index in [4.69, 9.17) is 9.88 Å². The van der Waals surface area contributed by atoms with E-state index in [9.17, 15) is 17.2 Å². The fourth-order valence-corrected chi connectivity index (χ4v) is 2.28. The van der Waals surface area contributed by atoms with Crippen LogP contribution in [-0.4, -0.2) is 15.0 Å². The molecule has 0 amide bonds. The molecule has 1 aromatic rings. The van der Waals surface area contributed by atoms with Crippen molar-refractivity contribution < 1.29 is 21.9 Å². The molecule has 0 saturated carbocycles. The molecule has 2 N–H and O–H groups in total. The van der Waals surface area contributed by atoms with E-state index in [0.717, 1.165) is 19.3 Å². The van der Waals surface area contributed by atoms with Crippen molar-refractivity contribution in [3.8, 4) is 5.75 Å². The Kier molecular flexibility index (Phi) is 5.68. The van der Waals surface area contributed by atoms with Gasteiger partial charge in [-0.25, -0.2) is 22.3 Å². The van der Waals surface area contributed by atoms with Crippen LogP contribution in [0.5, 0.6) is 5.75 Å². The van der Waals surface area contributed by atoms with Crippen LogP contribution in [0.1, 0.15) is 32.6 Å². The first-order chi connectivity index (χ1) is 8.86. The smallest absolute Gasteiger partial charge is 0.241 e. The standard InChI is InChI=1S/C12H17F2NO3S/c1-2-3-4-5-6-18-12-10(14)7-9(13)8-11(12)19(15,16)17/h7-8H,2-6H2,1H3,(H2,15,16,17). The topological polar surface area (TPSA) is 69.4 Å². The van der Waals surface area contributed by atoms with Gasteiger partial charge < -0.3 is 4.74 Å². The molecule has 0 fully saturated rings. The molecular weight excluding hydrogens is 276 g/mol. The fraction of sp³-hybridized carbons (Fsp3) is 0.500. The third-order valence-electron chi connectivity index (χ3n) is 2.53. The molecule has 108 valence electrons. The minimum atomic E-state index is -4.23. The molecular formula is C12H17F2NO3S. The van der Waals surface area contributed by atoms with Crippen LogP contribution < -0.4 is 9.88 Å². The molecule has 0 aliphatic carbocycles. The molecule has 0 bridgehead atoms. The lowest BCUT2D eigenvalue weighted by atomic mass is 10.2. The second-order valence-electron chi connectivity index (χ2n) is 4.17. The van der Waals surface area contributed by atoms with Crippen molar-refractivity contribution in [3.63, 3.8) is 0 Å². The van der Waals surface area contributed by atoms with Crippen LogP contribution in [0.15, 0.2) is 17.0 Å². The number of unbranched alkanes of at least 4 members (excludes halogenated alkanes) is 3. The van der Waals surface area contributed by atoms with Gasteiger partial charge in [0.1, 0.15) is 10.7 Å². The number of primary sulfonamides is 1. The van der Waals surface area contributed by atoms with Crippen LogP contribution in [0.2, 0.25) is 0 Å². The maximum atomic E-state index is 13.5.